The number of hydrogen-bond donors (Lipinski definition) is 2. The van der Waals surface area contributed by atoms with Gasteiger partial charge < -0.3 is 20.1 Å². The van der Waals surface area contributed by atoms with Gasteiger partial charge in [-0.25, -0.2) is 0 Å². The first-order valence-electron chi connectivity index (χ1n) is 10.5. The second-order valence-electron chi connectivity index (χ2n) is 7.31. The summed E-state index contributed by atoms with van der Waals surface area (Å²) < 4.78 is 10.6. The Balaban J connectivity index is 1.64. The molecule has 0 aliphatic rings. The summed E-state index contributed by atoms with van der Waals surface area (Å²) in [5.41, 5.74) is 2.50. The van der Waals surface area contributed by atoms with Crippen LogP contribution in [0.4, 0.5) is 0 Å². The zero-order chi connectivity index (χ0) is 22.8. The number of hydrogen-bond acceptors (Lipinski definition) is 4. The van der Waals surface area contributed by atoms with Crippen LogP contribution in [0.5, 0.6) is 11.5 Å². The van der Waals surface area contributed by atoms with Crippen LogP contribution in [0.1, 0.15) is 21.5 Å². The smallest absolute Gasteiger partial charge is 0.251 e. The molecular weight excluding hydrogens is 404 g/mol. The van der Waals surface area contributed by atoms with Gasteiger partial charge in [0.15, 0.2) is 11.5 Å². The van der Waals surface area contributed by atoms with E-state index in [9.17, 15) is 9.59 Å². The minimum Gasteiger partial charge on any atom is -0.493 e. The van der Waals surface area contributed by atoms with E-state index in [1.54, 1.807) is 38.5 Å². The Morgan fingerprint density at radius 1 is 0.812 bits per heavy atom. The maximum absolute atomic E-state index is 13.0. The molecule has 32 heavy (non-hydrogen) atoms. The summed E-state index contributed by atoms with van der Waals surface area (Å²) in [5.74, 6) is 0.806. The Morgan fingerprint density at radius 3 is 2.12 bits per heavy atom. The Kier molecular flexibility index (Phi) is 8.26. The zero-order valence-corrected chi connectivity index (χ0v) is 18.3. The Labute approximate surface area is 188 Å². The quantitative estimate of drug-likeness (QED) is 0.515. The molecule has 0 bridgehead atoms. The number of amides is 2. The van der Waals surface area contributed by atoms with E-state index in [4.69, 9.17) is 9.47 Å². The lowest BCUT2D eigenvalue weighted by Crippen LogP contribution is -2.48. The number of nitrogens with one attached hydrogen (secondary N) is 2. The molecule has 0 fully saturated rings. The largest absolute Gasteiger partial charge is 0.493 e. The van der Waals surface area contributed by atoms with E-state index >= 15 is 0 Å². The van der Waals surface area contributed by atoms with E-state index in [-0.39, 0.29) is 11.8 Å². The highest BCUT2D eigenvalue weighted by Gasteiger charge is 2.21. The molecule has 0 saturated carbocycles. The molecule has 0 radical (unpaired) electrons. The fourth-order valence-electron chi connectivity index (χ4n) is 3.38. The Bertz CT molecular complexity index is 1020. The van der Waals surface area contributed by atoms with Crippen molar-refractivity contribution < 1.29 is 19.1 Å². The third kappa shape index (κ3) is 6.35. The second kappa shape index (κ2) is 11.6. The normalized spacial score (nSPS) is 11.3. The first-order valence-corrected chi connectivity index (χ1v) is 10.5. The van der Waals surface area contributed by atoms with Crippen LogP contribution in [0.2, 0.25) is 0 Å². The van der Waals surface area contributed by atoms with Gasteiger partial charge >= 0.3 is 0 Å². The predicted octanol–water partition coefficient (Wildman–Crippen LogP) is 3.40. The van der Waals surface area contributed by atoms with Crippen LogP contribution in [0.15, 0.2) is 78.9 Å². The van der Waals surface area contributed by atoms with Crippen LogP contribution in [0.3, 0.4) is 0 Å². The lowest BCUT2D eigenvalue weighted by Gasteiger charge is -2.19. The van der Waals surface area contributed by atoms with Crippen molar-refractivity contribution in [2.75, 3.05) is 20.8 Å². The van der Waals surface area contributed by atoms with Crippen molar-refractivity contribution in [1.29, 1.82) is 0 Å². The molecule has 3 aromatic carbocycles. The monoisotopic (exact) mass is 432 g/mol. The molecule has 6 nitrogen and oxygen atoms in total. The summed E-state index contributed by atoms with van der Waals surface area (Å²) in [6.07, 6.45) is 1.03. The van der Waals surface area contributed by atoms with Crippen molar-refractivity contribution in [2.24, 2.45) is 0 Å². The van der Waals surface area contributed by atoms with Gasteiger partial charge in [0.05, 0.1) is 14.2 Å². The minimum atomic E-state index is -0.685. The minimum absolute atomic E-state index is 0.224. The number of methoxy groups -OCH3 is 2. The average molecular weight is 433 g/mol. The van der Waals surface area contributed by atoms with E-state index in [0.717, 1.165) is 11.1 Å². The van der Waals surface area contributed by atoms with E-state index < -0.39 is 6.04 Å². The van der Waals surface area contributed by atoms with Gasteiger partial charge in [-0.05, 0) is 41.8 Å². The van der Waals surface area contributed by atoms with Crippen molar-refractivity contribution in [3.8, 4) is 11.5 Å². The molecule has 166 valence electrons. The summed E-state index contributed by atoms with van der Waals surface area (Å²) in [6, 6.07) is 23.5. The van der Waals surface area contributed by atoms with Crippen LogP contribution in [0.25, 0.3) is 0 Å². The summed E-state index contributed by atoms with van der Waals surface area (Å²) in [5, 5.41) is 5.82. The molecule has 0 aromatic heterocycles. The van der Waals surface area contributed by atoms with Crippen LogP contribution in [-0.4, -0.2) is 38.6 Å². The van der Waals surface area contributed by atoms with Crippen LogP contribution in [0, 0.1) is 0 Å². The highest BCUT2D eigenvalue weighted by molar-refractivity contribution is 5.97. The number of carbonyl (C=O) groups excluding carboxylic acids is 2. The molecule has 0 saturated heterocycles. The number of carbonyl (C=O) groups is 2. The summed E-state index contributed by atoms with van der Waals surface area (Å²) in [6.45, 7) is 0.431. The van der Waals surface area contributed by atoms with E-state index in [1.807, 2.05) is 54.6 Å². The Morgan fingerprint density at radius 2 is 1.47 bits per heavy atom. The molecule has 1 atom stereocenters. The van der Waals surface area contributed by atoms with Gasteiger partial charge in [-0.3, -0.25) is 9.59 Å². The standard InChI is InChI=1S/C26H28N2O4/c1-31-23-14-13-20(18-24(23)32-2)15-16-27-26(30)22(17-19-9-5-3-6-10-19)28-25(29)21-11-7-4-8-12-21/h3-14,18,22H,15-17H2,1-2H3,(H,27,30)(H,28,29). The van der Waals surface area contributed by atoms with Crippen LogP contribution >= 0.6 is 0 Å². The second-order valence-corrected chi connectivity index (χ2v) is 7.31. The third-order valence-corrected chi connectivity index (χ3v) is 5.10. The first-order chi connectivity index (χ1) is 15.6. The zero-order valence-electron chi connectivity index (χ0n) is 18.3. The van der Waals surface area contributed by atoms with E-state index in [0.29, 0.717) is 36.4 Å². The van der Waals surface area contributed by atoms with Crippen molar-refractivity contribution >= 4 is 11.8 Å². The van der Waals surface area contributed by atoms with Gasteiger partial charge in [-0.15, -0.1) is 0 Å². The Hall–Kier alpha value is -3.80. The third-order valence-electron chi connectivity index (χ3n) is 5.10. The molecule has 1 unspecified atom stereocenters. The number of benzene rings is 3. The van der Waals surface area contributed by atoms with Crippen LogP contribution in [-0.2, 0) is 17.6 Å². The lowest BCUT2D eigenvalue weighted by atomic mass is 10.0. The highest BCUT2D eigenvalue weighted by Crippen LogP contribution is 2.27. The molecule has 0 spiro atoms. The molecule has 2 amide bonds. The topological polar surface area (TPSA) is 76.7 Å². The van der Waals surface area contributed by atoms with Gasteiger partial charge in [0.25, 0.3) is 5.91 Å². The lowest BCUT2D eigenvalue weighted by molar-refractivity contribution is -0.122. The maximum Gasteiger partial charge on any atom is 0.251 e. The summed E-state index contributed by atoms with van der Waals surface area (Å²) >= 11 is 0. The van der Waals surface area contributed by atoms with E-state index in [2.05, 4.69) is 10.6 Å². The van der Waals surface area contributed by atoms with Gasteiger partial charge in [0.2, 0.25) is 5.91 Å². The fraction of sp³-hybridized carbons (Fsp3) is 0.231. The van der Waals surface area contributed by atoms with Gasteiger partial charge in [-0.2, -0.15) is 0 Å². The molecule has 0 aliphatic heterocycles. The molecule has 3 rings (SSSR count). The van der Waals surface area contributed by atoms with Crippen molar-refractivity contribution in [2.45, 2.75) is 18.9 Å². The predicted molar refractivity (Wildman–Crippen MR) is 124 cm³/mol. The van der Waals surface area contributed by atoms with Crippen LogP contribution < -0.4 is 20.1 Å². The molecule has 6 heteroatoms. The summed E-state index contributed by atoms with van der Waals surface area (Å²) in [7, 11) is 3.18. The first kappa shape index (κ1) is 22.9. The summed E-state index contributed by atoms with van der Waals surface area (Å²) in [4.78, 5) is 25.6. The maximum atomic E-state index is 13.0. The van der Waals surface area contributed by atoms with Gasteiger partial charge in [-0.1, -0.05) is 54.6 Å². The molecule has 0 heterocycles. The number of rotatable bonds is 10. The van der Waals surface area contributed by atoms with Crippen molar-refractivity contribution in [1.82, 2.24) is 10.6 Å². The van der Waals surface area contributed by atoms with Crippen molar-refractivity contribution in [3.63, 3.8) is 0 Å². The van der Waals surface area contributed by atoms with Crippen molar-refractivity contribution in [3.05, 3.63) is 95.6 Å². The molecule has 0 aliphatic carbocycles. The number of ether oxygens (including phenoxy) is 2. The highest BCUT2D eigenvalue weighted by atomic mass is 16.5. The average Bonchev–Trinajstić information content (AvgIpc) is 2.84. The molecule has 3 aromatic rings. The molecule has 2 N–H and O–H groups in total. The molecular formula is C26H28N2O4. The van der Waals surface area contributed by atoms with Gasteiger partial charge in [0.1, 0.15) is 6.04 Å². The van der Waals surface area contributed by atoms with Gasteiger partial charge in [0, 0.05) is 18.5 Å². The fourth-order valence-corrected chi connectivity index (χ4v) is 3.38. The van der Waals surface area contributed by atoms with E-state index in [1.165, 1.54) is 0 Å². The SMILES string of the molecule is COc1ccc(CCNC(=O)C(Cc2ccccc2)NC(=O)c2ccccc2)cc1OC.